The van der Waals surface area contributed by atoms with Gasteiger partial charge in [0, 0.05) is 20.3 Å². The molecule has 0 unspecified atom stereocenters. The van der Waals surface area contributed by atoms with Gasteiger partial charge in [-0.25, -0.2) is 0 Å². The van der Waals surface area contributed by atoms with Gasteiger partial charge in [-0.3, -0.25) is 10.2 Å². The standard InChI is InChI=1S/C6H11N3O/c1-9(2)4-5-3-6(10)8-7-5/h4,7H,3H2,1-2H3,(H,8,10). The fourth-order valence-corrected chi connectivity index (χ4v) is 0.801. The number of carbonyl (C=O) groups excluding carboxylic acids is 1. The third kappa shape index (κ3) is 1.65. The zero-order chi connectivity index (χ0) is 7.56. The highest BCUT2D eigenvalue weighted by Gasteiger charge is 2.12. The van der Waals surface area contributed by atoms with Crippen LogP contribution in [0, 0.1) is 0 Å². The molecular formula is C6H11N3O. The van der Waals surface area contributed by atoms with E-state index in [1.54, 1.807) is 0 Å². The average molecular weight is 141 g/mol. The third-order valence-electron chi connectivity index (χ3n) is 1.13. The van der Waals surface area contributed by atoms with E-state index < -0.39 is 0 Å². The Morgan fingerprint density at radius 1 is 1.50 bits per heavy atom. The Labute approximate surface area is 59.9 Å². The van der Waals surface area contributed by atoms with Gasteiger partial charge in [0.2, 0.25) is 5.91 Å². The van der Waals surface area contributed by atoms with Gasteiger partial charge in [-0.05, 0) is 0 Å². The van der Waals surface area contributed by atoms with Crippen LogP contribution < -0.4 is 10.9 Å². The number of carbonyl (C=O) groups is 1. The summed E-state index contributed by atoms with van der Waals surface area (Å²) in [5, 5.41) is 0. The van der Waals surface area contributed by atoms with Gasteiger partial charge in [0.1, 0.15) is 0 Å². The van der Waals surface area contributed by atoms with Crippen molar-refractivity contribution in [3.8, 4) is 0 Å². The van der Waals surface area contributed by atoms with Crippen molar-refractivity contribution in [1.29, 1.82) is 0 Å². The van der Waals surface area contributed by atoms with Crippen molar-refractivity contribution in [2.45, 2.75) is 6.42 Å². The van der Waals surface area contributed by atoms with Crippen LogP contribution in [-0.2, 0) is 4.79 Å². The highest BCUT2D eigenvalue weighted by atomic mass is 16.2. The van der Waals surface area contributed by atoms with E-state index in [2.05, 4.69) is 10.9 Å². The first-order valence-electron chi connectivity index (χ1n) is 3.10. The van der Waals surface area contributed by atoms with Crippen LogP contribution in [0.3, 0.4) is 0 Å². The predicted molar refractivity (Wildman–Crippen MR) is 37.7 cm³/mol. The summed E-state index contributed by atoms with van der Waals surface area (Å²) in [6, 6.07) is 0. The second-order valence-corrected chi connectivity index (χ2v) is 2.47. The van der Waals surface area contributed by atoms with Gasteiger partial charge in [-0.2, -0.15) is 0 Å². The normalized spacial score (nSPS) is 20.6. The van der Waals surface area contributed by atoms with Crippen molar-refractivity contribution in [2.75, 3.05) is 14.1 Å². The van der Waals surface area contributed by atoms with E-state index >= 15 is 0 Å². The molecule has 0 saturated carbocycles. The number of hydrazine groups is 1. The fourth-order valence-electron chi connectivity index (χ4n) is 0.801. The first-order valence-corrected chi connectivity index (χ1v) is 3.10. The lowest BCUT2D eigenvalue weighted by molar-refractivity contribution is -0.119. The van der Waals surface area contributed by atoms with Crippen LogP contribution in [0.5, 0.6) is 0 Å². The summed E-state index contributed by atoms with van der Waals surface area (Å²) in [6.45, 7) is 0. The molecule has 0 atom stereocenters. The van der Waals surface area contributed by atoms with Gasteiger partial charge in [0.15, 0.2) is 0 Å². The van der Waals surface area contributed by atoms with Crippen LogP contribution in [0.25, 0.3) is 0 Å². The van der Waals surface area contributed by atoms with Gasteiger partial charge >= 0.3 is 0 Å². The molecule has 0 aromatic carbocycles. The molecule has 1 rings (SSSR count). The van der Waals surface area contributed by atoms with Crippen LogP contribution in [0.1, 0.15) is 6.42 Å². The number of hydrogen-bond acceptors (Lipinski definition) is 3. The van der Waals surface area contributed by atoms with Crippen molar-refractivity contribution >= 4 is 5.91 Å². The predicted octanol–water partition coefficient (Wildman–Crippen LogP) is -0.586. The maximum atomic E-state index is 10.6. The molecule has 0 aromatic heterocycles. The highest BCUT2D eigenvalue weighted by molar-refractivity contribution is 5.80. The second-order valence-electron chi connectivity index (χ2n) is 2.47. The van der Waals surface area contributed by atoms with Crippen LogP contribution in [0.15, 0.2) is 11.9 Å². The Kier molecular flexibility index (Phi) is 1.80. The Morgan fingerprint density at radius 2 is 2.20 bits per heavy atom. The van der Waals surface area contributed by atoms with E-state index in [1.165, 1.54) is 0 Å². The SMILES string of the molecule is CN(C)C=C1CC(=O)NN1. The molecule has 56 valence electrons. The molecule has 1 aliphatic heterocycles. The van der Waals surface area contributed by atoms with E-state index in [1.807, 2.05) is 25.2 Å². The van der Waals surface area contributed by atoms with Gasteiger partial charge < -0.3 is 10.3 Å². The first-order chi connectivity index (χ1) is 4.68. The van der Waals surface area contributed by atoms with Crippen molar-refractivity contribution < 1.29 is 4.79 Å². The maximum absolute atomic E-state index is 10.6. The van der Waals surface area contributed by atoms with E-state index in [0.29, 0.717) is 6.42 Å². The van der Waals surface area contributed by atoms with Crippen molar-refractivity contribution in [1.82, 2.24) is 15.8 Å². The van der Waals surface area contributed by atoms with Crippen LogP contribution in [0.4, 0.5) is 0 Å². The first kappa shape index (κ1) is 6.92. The van der Waals surface area contributed by atoms with E-state index in [4.69, 9.17) is 0 Å². The highest BCUT2D eigenvalue weighted by Crippen LogP contribution is 2.01. The quantitative estimate of drug-likeness (QED) is 0.513. The number of hydrogen-bond donors (Lipinski definition) is 2. The van der Waals surface area contributed by atoms with Crippen molar-refractivity contribution in [3.63, 3.8) is 0 Å². The summed E-state index contributed by atoms with van der Waals surface area (Å²) >= 11 is 0. The molecular weight excluding hydrogens is 130 g/mol. The maximum Gasteiger partial charge on any atom is 0.244 e. The van der Waals surface area contributed by atoms with Gasteiger partial charge in [0.05, 0.1) is 12.1 Å². The molecule has 1 saturated heterocycles. The molecule has 1 amide bonds. The lowest BCUT2D eigenvalue weighted by Gasteiger charge is -2.05. The number of nitrogens with zero attached hydrogens (tertiary/aromatic N) is 1. The molecule has 4 heteroatoms. The molecule has 0 aromatic rings. The zero-order valence-electron chi connectivity index (χ0n) is 6.14. The minimum atomic E-state index is 0.0214. The summed E-state index contributed by atoms with van der Waals surface area (Å²) in [7, 11) is 3.83. The molecule has 0 radical (unpaired) electrons. The number of amides is 1. The van der Waals surface area contributed by atoms with Crippen LogP contribution >= 0.6 is 0 Å². The average Bonchev–Trinajstić information content (AvgIpc) is 2.13. The Morgan fingerprint density at radius 3 is 2.60 bits per heavy atom. The summed E-state index contributed by atoms with van der Waals surface area (Å²) in [5.41, 5.74) is 6.16. The Balaban J connectivity index is 2.51. The van der Waals surface area contributed by atoms with Gasteiger partial charge in [-0.1, -0.05) is 0 Å². The van der Waals surface area contributed by atoms with E-state index in [-0.39, 0.29) is 5.91 Å². The summed E-state index contributed by atoms with van der Waals surface area (Å²) in [6.07, 6.45) is 2.33. The summed E-state index contributed by atoms with van der Waals surface area (Å²) in [4.78, 5) is 12.5. The van der Waals surface area contributed by atoms with Gasteiger partial charge in [-0.15, -0.1) is 0 Å². The molecule has 10 heavy (non-hydrogen) atoms. The molecule has 0 bridgehead atoms. The Bertz CT molecular complexity index is 174. The number of nitrogens with one attached hydrogen (secondary N) is 2. The molecule has 0 aliphatic carbocycles. The summed E-state index contributed by atoms with van der Waals surface area (Å²) in [5.74, 6) is 0.0214. The number of rotatable bonds is 1. The largest absolute Gasteiger partial charge is 0.382 e. The van der Waals surface area contributed by atoms with Crippen LogP contribution in [0.2, 0.25) is 0 Å². The van der Waals surface area contributed by atoms with Crippen LogP contribution in [-0.4, -0.2) is 24.9 Å². The third-order valence-corrected chi connectivity index (χ3v) is 1.13. The molecule has 1 aliphatic rings. The minimum absolute atomic E-state index is 0.0214. The summed E-state index contributed by atoms with van der Waals surface area (Å²) < 4.78 is 0. The lowest BCUT2D eigenvalue weighted by atomic mass is 10.3. The zero-order valence-corrected chi connectivity index (χ0v) is 6.14. The van der Waals surface area contributed by atoms with Crippen molar-refractivity contribution in [3.05, 3.63) is 11.9 Å². The van der Waals surface area contributed by atoms with Crippen molar-refractivity contribution in [2.24, 2.45) is 0 Å². The lowest BCUT2D eigenvalue weighted by Crippen LogP contribution is -2.25. The second kappa shape index (κ2) is 2.60. The van der Waals surface area contributed by atoms with Gasteiger partial charge in [0.25, 0.3) is 0 Å². The smallest absolute Gasteiger partial charge is 0.244 e. The molecule has 1 fully saturated rings. The monoisotopic (exact) mass is 141 g/mol. The van der Waals surface area contributed by atoms with E-state index in [0.717, 1.165) is 5.70 Å². The van der Waals surface area contributed by atoms with E-state index in [9.17, 15) is 4.79 Å². The molecule has 1 heterocycles. The topological polar surface area (TPSA) is 44.4 Å². The minimum Gasteiger partial charge on any atom is -0.382 e. The fraction of sp³-hybridized carbons (Fsp3) is 0.500. The molecule has 2 N–H and O–H groups in total. The molecule has 0 spiro atoms. The molecule has 4 nitrogen and oxygen atoms in total. The Hall–Kier alpha value is -1.19.